The van der Waals surface area contributed by atoms with Gasteiger partial charge in [-0.25, -0.2) is 4.98 Å². The first-order valence-electron chi connectivity index (χ1n) is 5.62. The van der Waals surface area contributed by atoms with Crippen molar-refractivity contribution in [3.05, 3.63) is 34.9 Å². The third-order valence-corrected chi connectivity index (χ3v) is 3.84. The maximum absolute atomic E-state index is 5.90. The van der Waals surface area contributed by atoms with E-state index in [2.05, 4.69) is 39.2 Å². The van der Waals surface area contributed by atoms with Gasteiger partial charge in [0.1, 0.15) is 5.82 Å². The Morgan fingerprint density at radius 3 is 2.88 bits per heavy atom. The van der Waals surface area contributed by atoms with E-state index in [-0.39, 0.29) is 6.04 Å². The number of anilines is 1. The predicted octanol–water partition coefficient (Wildman–Crippen LogP) is 4.43. The Kier molecular flexibility index (Phi) is 4.24. The Hall–Kier alpha value is -0.800. The van der Waals surface area contributed by atoms with Crippen molar-refractivity contribution in [3.63, 3.8) is 0 Å². The number of benzene rings is 1. The van der Waals surface area contributed by atoms with Crippen LogP contribution in [-0.4, -0.2) is 16.9 Å². The number of pyridine rings is 1. The molecule has 0 fully saturated rings. The van der Waals surface area contributed by atoms with Gasteiger partial charge in [0.25, 0.3) is 0 Å². The second-order valence-electron chi connectivity index (χ2n) is 3.90. The van der Waals surface area contributed by atoms with Gasteiger partial charge in [-0.05, 0) is 18.6 Å². The van der Waals surface area contributed by atoms with E-state index >= 15 is 0 Å². The Labute approximate surface area is 115 Å². The number of hydrogen-bond acceptors (Lipinski definition) is 2. The summed E-state index contributed by atoms with van der Waals surface area (Å²) in [5.74, 6) is 1.49. The van der Waals surface area contributed by atoms with E-state index < -0.39 is 0 Å². The van der Waals surface area contributed by atoms with Crippen LogP contribution < -0.4 is 5.32 Å². The van der Waals surface area contributed by atoms with Gasteiger partial charge in [0.05, 0.1) is 0 Å². The molecular formula is C13H14BrClN2. The van der Waals surface area contributed by atoms with Gasteiger partial charge in [0.2, 0.25) is 0 Å². The van der Waals surface area contributed by atoms with Gasteiger partial charge in [-0.2, -0.15) is 0 Å². The zero-order valence-electron chi connectivity index (χ0n) is 9.58. The predicted molar refractivity (Wildman–Crippen MR) is 77.9 cm³/mol. The summed E-state index contributed by atoms with van der Waals surface area (Å²) in [5, 5.41) is 5.66. The smallest absolute Gasteiger partial charge is 0.134 e. The summed E-state index contributed by atoms with van der Waals surface area (Å²) in [4.78, 5) is 4.39. The second-order valence-corrected chi connectivity index (χ2v) is 5.06. The summed E-state index contributed by atoms with van der Waals surface area (Å²) in [6.45, 7) is 2.11. The van der Waals surface area contributed by atoms with Crippen LogP contribution in [0.4, 0.5) is 5.82 Å². The van der Waals surface area contributed by atoms with Crippen LogP contribution in [0.3, 0.4) is 0 Å². The lowest BCUT2D eigenvalue weighted by Gasteiger charge is -2.16. The monoisotopic (exact) mass is 312 g/mol. The average Bonchev–Trinajstić information content (AvgIpc) is 2.37. The molecule has 0 bridgehead atoms. The minimum Gasteiger partial charge on any atom is -0.366 e. The normalized spacial score (nSPS) is 12.6. The first kappa shape index (κ1) is 12.7. The number of halogens is 2. The summed E-state index contributed by atoms with van der Waals surface area (Å²) in [5.41, 5.74) is 0. The minimum atomic E-state index is 0.258. The van der Waals surface area contributed by atoms with E-state index in [1.54, 1.807) is 0 Å². The lowest BCUT2D eigenvalue weighted by atomic mass is 10.1. The van der Waals surface area contributed by atoms with Crippen molar-refractivity contribution >= 4 is 44.1 Å². The number of hydrogen-bond donors (Lipinski definition) is 1. The number of rotatable bonds is 4. The fraction of sp³-hybridized carbons (Fsp3) is 0.308. The summed E-state index contributed by atoms with van der Waals surface area (Å²) in [6.07, 6.45) is 2.80. The molecule has 0 amide bonds. The summed E-state index contributed by atoms with van der Waals surface area (Å²) < 4.78 is 1.08. The molecule has 1 atom stereocenters. The molecule has 0 aliphatic rings. The van der Waals surface area contributed by atoms with Crippen molar-refractivity contribution in [1.82, 2.24) is 4.98 Å². The summed E-state index contributed by atoms with van der Waals surface area (Å²) >= 11 is 9.45. The highest BCUT2D eigenvalue weighted by Gasteiger charge is 2.09. The molecule has 1 unspecified atom stereocenters. The quantitative estimate of drug-likeness (QED) is 0.845. The largest absolute Gasteiger partial charge is 0.366 e. The molecule has 0 saturated heterocycles. The van der Waals surface area contributed by atoms with Crippen molar-refractivity contribution in [2.75, 3.05) is 11.2 Å². The number of nitrogens with one attached hydrogen (secondary N) is 1. The maximum atomic E-state index is 5.90. The Morgan fingerprint density at radius 2 is 2.18 bits per heavy atom. The van der Waals surface area contributed by atoms with E-state index in [4.69, 9.17) is 11.6 Å². The number of nitrogens with zero attached hydrogens (tertiary/aromatic N) is 1. The molecule has 1 heterocycles. The van der Waals surface area contributed by atoms with Crippen molar-refractivity contribution in [2.45, 2.75) is 19.4 Å². The Morgan fingerprint density at radius 1 is 1.35 bits per heavy atom. The maximum Gasteiger partial charge on any atom is 0.134 e. The van der Waals surface area contributed by atoms with Crippen LogP contribution in [0, 0.1) is 0 Å². The van der Waals surface area contributed by atoms with Crippen LogP contribution in [-0.2, 0) is 0 Å². The highest BCUT2D eigenvalue weighted by molar-refractivity contribution is 9.10. The molecule has 0 radical (unpaired) electrons. The number of alkyl halides is 1. The third-order valence-electron chi connectivity index (χ3n) is 2.77. The van der Waals surface area contributed by atoms with Crippen LogP contribution in [0.2, 0.25) is 0 Å². The zero-order chi connectivity index (χ0) is 12.3. The molecule has 90 valence electrons. The molecule has 1 aromatic carbocycles. The molecule has 1 N–H and O–H groups in total. The van der Waals surface area contributed by atoms with E-state index in [0.29, 0.717) is 5.88 Å². The summed E-state index contributed by atoms with van der Waals surface area (Å²) in [7, 11) is 0. The van der Waals surface area contributed by atoms with E-state index in [1.165, 1.54) is 0 Å². The van der Waals surface area contributed by atoms with Crippen molar-refractivity contribution in [2.24, 2.45) is 0 Å². The molecule has 1 aromatic heterocycles. The Balaban J connectivity index is 2.44. The standard InChI is InChI=1S/C13H14BrClN2/c1-2-9(8-15)17-13-11-4-3-5-12(14)10(11)6-7-16-13/h3-7,9H,2,8H2,1H3,(H,16,17). The van der Waals surface area contributed by atoms with Crippen LogP contribution in [0.1, 0.15) is 13.3 Å². The molecule has 0 aliphatic carbocycles. The highest BCUT2D eigenvalue weighted by atomic mass is 79.9. The van der Waals surface area contributed by atoms with Crippen molar-refractivity contribution in [1.29, 1.82) is 0 Å². The molecule has 17 heavy (non-hydrogen) atoms. The SMILES string of the molecule is CCC(CCl)Nc1nccc2c(Br)cccc12. The highest BCUT2D eigenvalue weighted by Crippen LogP contribution is 2.28. The van der Waals surface area contributed by atoms with Gasteiger partial charge >= 0.3 is 0 Å². The average molecular weight is 314 g/mol. The molecule has 2 rings (SSSR count). The third kappa shape index (κ3) is 2.72. The van der Waals surface area contributed by atoms with Crippen LogP contribution in [0.15, 0.2) is 34.9 Å². The van der Waals surface area contributed by atoms with Gasteiger partial charge in [0.15, 0.2) is 0 Å². The van der Waals surface area contributed by atoms with Gasteiger partial charge in [-0.15, -0.1) is 11.6 Å². The van der Waals surface area contributed by atoms with Crippen molar-refractivity contribution in [3.8, 4) is 0 Å². The number of aromatic nitrogens is 1. The molecule has 0 saturated carbocycles. The minimum absolute atomic E-state index is 0.258. The van der Waals surface area contributed by atoms with E-state index in [0.717, 1.165) is 27.5 Å². The molecule has 2 nitrogen and oxygen atoms in total. The first-order valence-corrected chi connectivity index (χ1v) is 6.94. The van der Waals surface area contributed by atoms with Crippen molar-refractivity contribution < 1.29 is 0 Å². The second kappa shape index (κ2) is 5.69. The van der Waals surface area contributed by atoms with E-state index in [1.807, 2.05) is 24.4 Å². The molecule has 0 spiro atoms. The molecule has 0 aliphatic heterocycles. The molecule has 2 aromatic rings. The van der Waals surface area contributed by atoms with Gasteiger partial charge < -0.3 is 5.32 Å². The first-order chi connectivity index (χ1) is 8.26. The topological polar surface area (TPSA) is 24.9 Å². The lowest BCUT2D eigenvalue weighted by Crippen LogP contribution is -2.20. The summed E-state index contributed by atoms with van der Waals surface area (Å²) in [6, 6.07) is 8.38. The van der Waals surface area contributed by atoms with Crippen LogP contribution >= 0.6 is 27.5 Å². The van der Waals surface area contributed by atoms with Gasteiger partial charge in [-0.3, -0.25) is 0 Å². The van der Waals surface area contributed by atoms with Crippen LogP contribution in [0.25, 0.3) is 10.8 Å². The van der Waals surface area contributed by atoms with Gasteiger partial charge in [-0.1, -0.05) is 35.0 Å². The van der Waals surface area contributed by atoms with Crippen LogP contribution in [0.5, 0.6) is 0 Å². The fourth-order valence-corrected chi connectivity index (χ4v) is 2.52. The fourth-order valence-electron chi connectivity index (χ4n) is 1.73. The zero-order valence-corrected chi connectivity index (χ0v) is 11.9. The molecule has 4 heteroatoms. The molecular weight excluding hydrogens is 300 g/mol. The Bertz CT molecular complexity index is 512. The lowest BCUT2D eigenvalue weighted by molar-refractivity contribution is 0.767. The van der Waals surface area contributed by atoms with Gasteiger partial charge in [0, 0.05) is 33.4 Å². The van der Waals surface area contributed by atoms with E-state index in [9.17, 15) is 0 Å². The number of fused-ring (bicyclic) bond motifs is 1.